The van der Waals surface area contributed by atoms with Crippen LogP contribution in [0, 0.1) is 0 Å². The fourth-order valence-corrected chi connectivity index (χ4v) is 1.43. The van der Waals surface area contributed by atoms with Gasteiger partial charge in [0.25, 0.3) is 0 Å². The van der Waals surface area contributed by atoms with Crippen LogP contribution in [-0.4, -0.2) is 42.2 Å². The molecule has 1 aromatic rings. The first-order valence-electron chi connectivity index (χ1n) is 5.77. The summed E-state index contributed by atoms with van der Waals surface area (Å²) in [4.78, 5) is 13.4. The first-order chi connectivity index (χ1) is 9.10. The average Bonchev–Trinajstić information content (AvgIpc) is 2.45. The van der Waals surface area contributed by atoms with Crippen molar-refractivity contribution in [3.63, 3.8) is 0 Å². The quantitative estimate of drug-likeness (QED) is 0.323. The topological polar surface area (TPSA) is 100 Å². The number of oxime groups is 1. The van der Waals surface area contributed by atoms with Crippen molar-refractivity contribution in [2.75, 3.05) is 25.5 Å². The van der Waals surface area contributed by atoms with E-state index in [2.05, 4.69) is 10.5 Å². The summed E-state index contributed by atoms with van der Waals surface area (Å²) in [6, 6.07) is 6.63. The van der Waals surface area contributed by atoms with Crippen LogP contribution in [0.15, 0.2) is 29.4 Å². The lowest BCUT2D eigenvalue weighted by Crippen LogP contribution is -2.40. The van der Waals surface area contributed by atoms with Gasteiger partial charge in [0.1, 0.15) is 5.75 Å². The highest BCUT2D eigenvalue weighted by Gasteiger charge is 2.13. The molecule has 104 valence electrons. The monoisotopic (exact) mass is 266 g/mol. The number of nitrogens with zero attached hydrogens (tertiary/aromatic N) is 2. The van der Waals surface area contributed by atoms with Crippen LogP contribution in [0.4, 0.5) is 10.5 Å². The van der Waals surface area contributed by atoms with Gasteiger partial charge in [-0.3, -0.25) is 0 Å². The van der Waals surface area contributed by atoms with Crippen molar-refractivity contribution in [1.29, 1.82) is 0 Å². The second-order valence-corrected chi connectivity index (χ2v) is 3.76. The summed E-state index contributed by atoms with van der Waals surface area (Å²) in [7, 11) is 1.57. The summed E-state index contributed by atoms with van der Waals surface area (Å²) in [5.74, 6) is 0.689. The molecule has 4 N–H and O–H groups in total. The molecule has 2 amide bonds. The summed E-state index contributed by atoms with van der Waals surface area (Å²) in [6.07, 6.45) is 0. The lowest BCUT2D eigenvalue weighted by Gasteiger charge is -2.20. The number of nitrogens with one attached hydrogen (secondary N) is 1. The lowest BCUT2D eigenvalue weighted by atomic mass is 10.3. The number of carbonyl (C=O) groups excluding carboxylic acids is 1. The Morgan fingerprint density at radius 3 is 2.58 bits per heavy atom. The smallest absolute Gasteiger partial charge is 0.322 e. The van der Waals surface area contributed by atoms with Crippen molar-refractivity contribution < 1.29 is 14.7 Å². The van der Waals surface area contributed by atoms with E-state index in [0.29, 0.717) is 18.0 Å². The second kappa shape index (κ2) is 7.10. The number of methoxy groups -OCH3 is 1. The first-order valence-corrected chi connectivity index (χ1v) is 5.77. The van der Waals surface area contributed by atoms with E-state index in [9.17, 15) is 4.79 Å². The molecule has 0 fully saturated rings. The van der Waals surface area contributed by atoms with Gasteiger partial charge in [-0.2, -0.15) is 0 Å². The minimum absolute atomic E-state index is 0.0215. The van der Waals surface area contributed by atoms with Gasteiger partial charge in [0.05, 0.1) is 13.7 Å². The maximum Gasteiger partial charge on any atom is 0.322 e. The van der Waals surface area contributed by atoms with E-state index in [4.69, 9.17) is 15.7 Å². The second-order valence-electron chi connectivity index (χ2n) is 3.76. The first kappa shape index (κ1) is 14.6. The van der Waals surface area contributed by atoms with Crippen molar-refractivity contribution in [3.8, 4) is 5.75 Å². The van der Waals surface area contributed by atoms with Gasteiger partial charge >= 0.3 is 6.03 Å². The Morgan fingerprint density at radius 1 is 1.47 bits per heavy atom. The summed E-state index contributed by atoms with van der Waals surface area (Å²) in [6.45, 7) is 2.31. The van der Waals surface area contributed by atoms with Gasteiger partial charge in [-0.15, -0.1) is 0 Å². The third-order valence-electron chi connectivity index (χ3n) is 2.49. The molecule has 0 atom stereocenters. The van der Waals surface area contributed by atoms with Gasteiger partial charge in [0, 0.05) is 12.2 Å². The van der Waals surface area contributed by atoms with Crippen LogP contribution in [0.1, 0.15) is 6.92 Å². The molecule has 7 heteroatoms. The standard InChI is InChI=1S/C12H18N4O3/c1-3-16(8-11(13)15-18)12(17)14-9-4-6-10(19-2)7-5-9/h4-7,18H,3,8H2,1-2H3,(H2,13,15)(H,14,17). The number of rotatable bonds is 5. The predicted octanol–water partition coefficient (Wildman–Crippen LogP) is 1.30. The number of ether oxygens (including phenoxy) is 1. The molecule has 0 radical (unpaired) electrons. The van der Waals surface area contributed by atoms with Crippen LogP contribution in [0.2, 0.25) is 0 Å². The predicted molar refractivity (Wildman–Crippen MR) is 72.7 cm³/mol. The van der Waals surface area contributed by atoms with Gasteiger partial charge in [0.2, 0.25) is 0 Å². The van der Waals surface area contributed by atoms with Gasteiger partial charge < -0.3 is 25.9 Å². The van der Waals surface area contributed by atoms with Crippen LogP contribution in [0.25, 0.3) is 0 Å². The summed E-state index contributed by atoms with van der Waals surface area (Å²) in [5.41, 5.74) is 6.02. The van der Waals surface area contributed by atoms with E-state index in [1.165, 1.54) is 4.90 Å². The van der Waals surface area contributed by atoms with Crippen LogP contribution < -0.4 is 15.8 Å². The number of benzene rings is 1. The third-order valence-corrected chi connectivity index (χ3v) is 2.49. The number of anilines is 1. The Balaban J connectivity index is 2.65. The van der Waals surface area contributed by atoms with Crippen LogP contribution in [0.3, 0.4) is 0 Å². The summed E-state index contributed by atoms with van der Waals surface area (Å²) in [5, 5.41) is 14.1. The van der Waals surface area contributed by atoms with E-state index in [-0.39, 0.29) is 18.4 Å². The molecular formula is C12H18N4O3. The molecule has 0 aliphatic rings. The van der Waals surface area contributed by atoms with Crippen molar-refractivity contribution >= 4 is 17.6 Å². The Hall–Kier alpha value is -2.44. The Morgan fingerprint density at radius 2 is 2.11 bits per heavy atom. The fraction of sp³-hybridized carbons (Fsp3) is 0.333. The molecule has 19 heavy (non-hydrogen) atoms. The van der Waals surface area contributed by atoms with Crippen molar-refractivity contribution in [2.24, 2.45) is 10.9 Å². The highest BCUT2D eigenvalue weighted by Crippen LogP contribution is 2.15. The fourth-order valence-electron chi connectivity index (χ4n) is 1.43. The van der Waals surface area contributed by atoms with Crippen LogP contribution in [-0.2, 0) is 0 Å². The Bertz CT molecular complexity index is 445. The molecule has 0 aromatic heterocycles. The Labute approximate surface area is 111 Å². The summed E-state index contributed by atoms with van der Waals surface area (Å²) < 4.78 is 5.03. The van der Waals surface area contributed by atoms with E-state index in [1.807, 2.05) is 0 Å². The largest absolute Gasteiger partial charge is 0.497 e. The normalized spacial score (nSPS) is 10.9. The third kappa shape index (κ3) is 4.38. The van der Waals surface area contributed by atoms with E-state index < -0.39 is 0 Å². The number of carbonyl (C=O) groups is 1. The highest BCUT2D eigenvalue weighted by molar-refractivity contribution is 5.93. The molecule has 1 rings (SSSR count). The molecular weight excluding hydrogens is 248 g/mol. The van der Waals surface area contributed by atoms with Crippen molar-refractivity contribution in [1.82, 2.24) is 4.90 Å². The molecule has 0 bridgehead atoms. The van der Waals surface area contributed by atoms with Crippen LogP contribution in [0.5, 0.6) is 5.75 Å². The van der Waals surface area contributed by atoms with E-state index >= 15 is 0 Å². The zero-order valence-corrected chi connectivity index (χ0v) is 11.0. The van der Waals surface area contributed by atoms with E-state index in [1.54, 1.807) is 38.3 Å². The van der Waals surface area contributed by atoms with Crippen LogP contribution >= 0.6 is 0 Å². The minimum Gasteiger partial charge on any atom is -0.497 e. The minimum atomic E-state index is -0.320. The van der Waals surface area contributed by atoms with Gasteiger partial charge in [-0.05, 0) is 31.2 Å². The number of amidine groups is 1. The molecule has 0 saturated carbocycles. The molecule has 7 nitrogen and oxygen atoms in total. The zero-order chi connectivity index (χ0) is 14.3. The lowest BCUT2D eigenvalue weighted by molar-refractivity contribution is 0.220. The molecule has 0 aliphatic heterocycles. The number of nitrogens with two attached hydrogens (primary N) is 1. The SMILES string of the molecule is CCN(CC(N)=NO)C(=O)Nc1ccc(OC)cc1. The number of hydrogen-bond acceptors (Lipinski definition) is 4. The Kier molecular flexibility index (Phi) is 5.46. The highest BCUT2D eigenvalue weighted by atomic mass is 16.5. The van der Waals surface area contributed by atoms with Crippen molar-refractivity contribution in [2.45, 2.75) is 6.92 Å². The molecule has 0 unspecified atom stereocenters. The van der Waals surface area contributed by atoms with E-state index in [0.717, 1.165) is 0 Å². The zero-order valence-electron chi connectivity index (χ0n) is 11.0. The molecule has 0 spiro atoms. The number of urea groups is 1. The average molecular weight is 266 g/mol. The maximum atomic E-state index is 11.9. The molecule has 0 heterocycles. The molecule has 1 aromatic carbocycles. The summed E-state index contributed by atoms with van der Waals surface area (Å²) >= 11 is 0. The van der Waals surface area contributed by atoms with Gasteiger partial charge in [-0.1, -0.05) is 5.16 Å². The number of amides is 2. The molecule has 0 saturated heterocycles. The maximum absolute atomic E-state index is 11.9. The molecule has 0 aliphatic carbocycles. The number of hydrogen-bond donors (Lipinski definition) is 3. The van der Waals surface area contributed by atoms with Gasteiger partial charge in [-0.25, -0.2) is 4.79 Å². The number of likely N-dealkylation sites (N-methyl/N-ethyl adjacent to an activating group) is 1. The van der Waals surface area contributed by atoms with Crippen molar-refractivity contribution in [3.05, 3.63) is 24.3 Å². The van der Waals surface area contributed by atoms with Gasteiger partial charge in [0.15, 0.2) is 5.84 Å².